The van der Waals surface area contributed by atoms with Gasteiger partial charge < -0.3 is 14.2 Å². The molecule has 8 nitrogen and oxygen atoms in total. The van der Waals surface area contributed by atoms with Crippen LogP contribution >= 0.6 is 11.8 Å². The van der Waals surface area contributed by atoms with Crippen LogP contribution in [0.4, 0.5) is 9.59 Å². The van der Waals surface area contributed by atoms with Crippen LogP contribution < -0.4 is 4.74 Å². The molecule has 7 rings (SSSR count). The molecule has 0 bridgehead atoms. The maximum atomic E-state index is 16.2. The highest BCUT2D eigenvalue weighted by atomic mass is 32.2. The van der Waals surface area contributed by atoms with E-state index in [1.807, 2.05) is 159 Å². The van der Waals surface area contributed by atoms with E-state index in [9.17, 15) is 4.79 Å². The van der Waals surface area contributed by atoms with E-state index in [-0.39, 0.29) is 26.2 Å². The molecule has 0 aliphatic carbocycles. The van der Waals surface area contributed by atoms with Crippen molar-refractivity contribution < 1.29 is 33.2 Å². The normalized spacial score (nSPS) is 21.9. The molecule has 2 aliphatic heterocycles. The largest absolute Gasteiger partial charge is 0.490 e. The van der Waals surface area contributed by atoms with Gasteiger partial charge in [-0.05, 0) is 24.1 Å². The number of quaternary nitrogens is 1. The summed E-state index contributed by atoms with van der Waals surface area (Å²) in [6, 6.07) is 47.2. The number of carbonyl (C=O) groups excluding carboxylic acids is 3. The first-order valence-electron chi connectivity index (χ1n) is 17.1. The molecule has 0 spiro atoms. The number of hydrogen-bond donors (Lipinski definition) is 0. The number of rotatable bonds is 13. The molecular formula is C42H39N2O6S+. The molecule has 9 heteroatoms. The van der Waals surface area contributed by atoms with Gasteiger partial charge in [0.1, 0.15) is 18.9 Å². The van der Waals surface area contributed by atoms with Crippen molar-refractivity contribution in [2.24, 2.45) is 0 Å². The summed E-state index contributed by atoms with van der Waals surface area (Å²) in [5.41, 5.74) is 1.17. The lowest BCUT2D eigenvalue weighted by Gasteiger charge is -2.49. The van der Waals surface area contributed by atoms with E-state index in [1.54, 1.807) is 0 Å². The fraction of sp³-hybridized carbons (Fsp3) is 0.214. The molecule has 0 radical (unpaired) electrons. The lowest BCUT2D eigenvalue weighted by Crippen LogP contribution is -2.75. The molecular weight excluding hydrogens is 661 g/mol. The summed E-state index contributed by atoms with van der Waals surface area (Å²) >= 11 is 0.855. The minimum atomic E-state index is -1.67. The van der Waals surface area contributed by atoms with Crippen LogP contribution in [0.2, 0.25) is 0 Å². The Balaban J connectivity index is 1.50. The van der Waals surface area contributed by atoms with Crippen molar-refractivity contribution in [3.8, 4) is 5.75 Å². The number of amides is 3. The molecule has 3 atom stereocenters. The number of carbonyl (C=O) groups is 3. The van der Waals surface area contributed by atoms with Gasteiger partial charge in [-0.15, -0.1) is 5.01 Å². The van der Waals surface area contributed by atoms with Crippen LogP contribution in [0.25, 0.3) is 0 Å². The standard InChI is InChI=1S/C42H39N2O6S/c1-2-28-49-41(29-32-18-8-3-9-19-32)38(45)44(40(47)51-41,43-30-37(50-39(43)46)31-48-36-26-16-7-17-27-36)42(33-20-10-4-11-21-33,34-22-12-5-13-23-34)35-24-14-6-15-25-35/h3-27,37H,2,28-31H2,1H3/q+1. The molecule has 2 saturated heterocycles. The third kappa shape index (κ3) is 5.91. The van der Waals surface area contributed by atoms with Gasteiger partial charge in [-0.1, -0.05) is 151 Å². The van der Waals surface area contributed by atoms with Crippen molar-refractivity contribution in [3.63, 3.8) is 0 Å². The van der Waals surface area contributed by atoms with Gasteiger partial charge in [-0.2, -0.15) is 0 Å². The van der Waals surface area contributed by atoms with Crippen LogP contribution in [-0.2, 0) is 26.2 Å². The number of para-hydroxylation sites is 1. The van der Waals surface area contributed by atoms with Crippen LogP contribution in [0.3, 0.4) is 0 Å². The monoisotopic (exact) mass is 699 g/mol. The zero-order valence-electron chi connectivity index (χ0n) is 28.3. The highest BCUT2D eigenvalue weighted by Gasteiger charge is 2.80. The number of nitrogens with zero attached hydrogens (tertiary/aromatic N) is 2. The van der Waals surface area contributed by atoms with E-state index in [0.29, 0.717) is 28.9 Å². The maximum Gasteiger partial charge on any atom is 0.456 e. The average Bonchev–Trinajstić information content (AvgIpc) is 3.65. The number of ether oxygens (including phenoxy) is 3. The SMILES string of the molecule is CCCOC1(Cc2ccccc2)SC(=O)[N+](N2CC(COc3ccccc3)OC2=O)(C(c2ccccc2)(c2ccccc2)c2ccccc2)C1=O. The van der Waals surface area contributed by atoms with Crippen LogP contribution in [0, 0.1) is 0 Å². The first-order chi connectivity index (χ1) is 25.0. The molecule has 0 saturated carbocycles. The Morgan fingerprint density at radius 3 is 1.75 bits per heavy atom. The number of benzene rings is 5. The fourth-order valence-electron chi connectivity index (χ4n) is 7.29. The molecule has 2 aliphatic rings. The molecule has 2 heterocycles. The van der Waals surface area contributed by atoms with E-state index >= 15 is 9.59 Å². The van der Waals surface area contributed by atoms with Crippen LogP contribution in [0.5, 0.6) is 5.75 Å². The third-order valence-electron chi connectivity index (χ3n) is 9.41. The van der Waals surface area contributed by atoms with E-state index < -0.39 is 38.4 Å². The first kappa shape index (κ1) is 34.2. The predicted octanol–water partition coefficient (Wildman–Crippen LogP) is 8.37. The second-order valence-electron chi connectivity index (χ2n) is 12.6. The Hall–Kier alpha value is -5.22. The van der Waals surface area contributed by atoms with Crippen LogP contribution in [0.15, 0.2) is 152 Å². The van der Waals surface area contributed by atoms with Gasteiger partial charge in [0.15, 0.2) is 6.10 Å². The van der Waals surface area contributed by atoms with Gasteiger partial charge >= 0.3 is 17.2 Å². The second kappa shape index (κ2) is 14.6. The summed E-state index contributed by atoms with van der Waals surface area (Å²) in [6.45, 7) is 2.12. The zero-order valence-corrected chi connectivity index (χ0v) is 29.1. The van der Waals surface area contributed by atoms with E-state index in [4.69, 9.17) is 14.2 Å². The summed E-state index contributed by atoms with van der Waals surface area (Å²) < 4.78 is 17.6. The summed E-state index contributed by atoms with van der Waals surface area (Å²) in [5.74, 6) is 0.0507. The quantitative estimate of drug-likeness (QED) is 0.0903. The zero-order chi connectivity index (χ0) is 35.3. The van der Waals surface area contributed by atoms with Crippen LogP contribution in [-0.4, -0.2) is 57.6 Å². The number of hydrogen-bond acceptors (Lipinski definition) is 7. The Kier molecular flexibility index (Phi) is 9.77. The van der Waals surface area contributed by atoms with Gasteiger partial charge in [-0.3, -0.25) is 0 Å². The number of cyclic esters (lactones) is 1. The molecule has 51 heavy (non-hydrogen) atoms. The Morgan fingerprint density at radius 2 is 1.24 bits per heavy atom. The van der Waals surface area contributed by atoms with Gasteiger partial charge in [0.2, 0.25) is 10.5 Å². The smallest absolute Gasteiger partial charge is 0.456 e. The topological polar surface area (TPSA) is 82.1 Å². The highest BCUT2D eigenvalue weighted by Crippen LogP contribution is 2.59. The van der Waals surface area contributed by atoms with E-state index in [0.717, 1.165) is 17.3 Å². The minimum Gasteiger partial charge on any atom is -0.490 e. The van der Waals surface area contributed by atoms with Gasteiger partial charge in [-0.25, -0.2) is 14.4 Å². The lowest BCUT2D eigenvalue weighted by atomic mass is 9.74. The third-order valence-corrected chi connectivity index (χ3v) is 10.6. The van der Waals surface area contributed by atoms with E-state index in [2.05, 4.69) is 0 Å². The lowest BCUT2D eigenvalue weighted by molar-refractivity contribution is -0.920. The van der Waals surface area contributed by atoms with Crippen molar-refractivity contribution in [1.82, 2.24) is 5.01 Å². The van der Waals surface area contributed by atoms with Crippen molar-refractivity contribution in [2.45, 2.75) is 36.3 Å². The Morgan fingerprint density at radius 1 is 0.745 bits per heavy atom. The Labute approximate surface area is 302 Å². The first-order valence-corrected chi connectivity index (χ1v) is 18.0. The Bertz CT molecular complexity index is 1870. The fourth-order valence-corrected chi connectivity index (χ4v) is 8.62. The minimum absolute atomic E-state index is 0.0261. The van der Waals surface area contributed by atoms with Gasteiger partial charge in [0, 0.05) is 41.5 Å². The van der Waals surface area contributed by atoms with Crippen molar-refractivity contribution >= 4 is 29.0 Å². The maximum absolute atomic E-state index is 16.2. The summed E-state index contributed by atoms with van der Waals surface area (Å²) in [4.78, 5) is 44.6. The molecule has 0 aromatic heterocycles. The summed E-state index contributed by atoms with van der Waals surface area (Å²) in [5, 5.41) is 0.760. The average molecular weight is 700 g/mol. The van der Waals surface area contributed by atoms with Gasteiger partial charge in [0.05, 0.1) is 0 Å². The number of imide groups is 1. The molecule has 5 aromatic rings. The molecule has 258 valence electrons. The molecule has 5 aromatic carbocycles. The van der Waals surface area contributed by atoms with Gasteiger partial charge in [0.25, 0.3) is 0 Å². The summed E-state index contributed by atoms with van der Waals surface area (Å²) in [6.07, 6.45) is -0.845. The van der Waals surface area contributed by atoms with Crippen molar-refractivity contribution in [1.29, 1.82) is 0 Å². The molecule has 3 unspecified atom stereocenters. The second-order valence-corrected chi connectivity index (χ2v) is 13.8. The highest BCUT2D eigenvalue weighted by molar-refractivity contribution is 8.15. The van der Waals surface area contributed by atoms with E-state index in [1.165, 1.54) is 5.01 Å². The van der Waals surface area contributed by atoms with Crippen molar-refractivity contribution in [3.05, 3.63) is 174 Å². The summed E-state index contributed by atoms with van der Waals surface area (Å²) in [7, 11) is 0. The predicted molar refractivity (Wildman–Crippen MR) is 195 cm³/mol. The van der Waals surface area contributed by atoms with Crippen molar-refractivity contribution in [2.75, 3.05) is 19.8 Å². The molecule has 2 fully saturated rings. The van der Waals surface area contributed by atoms with Crippen LogP contribution in [0.1, 0.15) is 35.6 Å². The molecule has 3 amide bonds. The molecule has 0 N–H and O–H groups in total. The number of thioether (sulfide) groups is 1.